The fourth-order valence-electron chi connectivity index (χ4n) is 1.99. The molecule has 4 amide bonds. The van der Waals surface area contributed by atoms with Gasteiger partial charge in [0.25, 0.3) is 11.8 Å². The molecule has 0 bridgehead atoms. The Balaban J connectivity index is 2.42. The molecular formula is C15H15FN2O3. The van der Waals surface area contributed by atoms with Gasteiger partial charge in [-0.05, 0) is 44.5 Å². The average molecular weight is 290 g/mol. The number of amides is 4. The molecule has 1 saturated heterocycles. The molecule has 0 atom stereocenters. The van der Waals surface area contributed by atoms with Gasteiger partial charge in [0, 0.05) is 5.54 Å². The molecule has 0 aromatic heterocycles. The Bertz CT molecular complexity index is 642. The van der Waals surface area contributed by atoms with Crippen LogP contribution in [0.2, 0.25) is 0 Å². The Morgan fingerprint density at radius 1 is 1.10 bits per heavy atom. The first-order chi connectivity index (χ1) is 9.70. The molecule has 1 N–H and O–H groups in total. The van der Waals surface area contributed by atoms with Crippen LogP contribution >= 0.6 is 0 Å². The van der Waals surface area contributed by atoms with E-state index >= 15 is 0 Å². The van der Waals surface area contributed by atoms with Gasteiger partial charge in [-0.2, -0.15) is 0 Å². The van der Waals surface area contributed by atoms with E-state index in [-0.39, 0.29) is 5.57 Å². The Morgan fingerprint density at radius 2 is 1.67 bits per heavy atom. The topological polar surface area (TPSA) is 66.5 Å². The van der Waals surface area contributed by atoms with Crippen molar-refractivity contribution in [1.82, 2.24) is 10.2 Å². The van der Waals surface area contributed by atoms with Crippen molar-refractivity contribution in [2.24, 2.45) is 0 Å². The molecule has 1 aliphatic rings. The standard InChI is InChI=1S/C15H15FN2O3/c1-15(2,3)18-13(20)11(12(19)17-14(18)21)8-9-4-6-10(16)7-5-9/h4-8H,1-3H3,(H,17,19,21)/b11-8+. The molecule has 0 radical (unpaired) electrons. The summed E-state index contributed by atoms with van der Waals surface area (Å²) in [5, 5.41) is 2.13. The molecule has 1 heterocycles. The van der Waals surface area contributed by atoms with E-state index in [1.807, 2.05) is 0 Å². The largest absolute Gasteiger partial charge is 0.331 e. The first-order valence-electron chi connectivity index (χ1n) is 6.37. The van der Waals surface area contributed by atoms with Crippen LogP contribution in [0.5, 0.6) is 0 Å². The summed E-state index contributed by atoms with van der Waals surface area (Å²) in [6, 6.07) is 4.60. The number of carbonyl (C=O) groups excluding carboxylic acids is 3. The minimum Gasteiger partial charge on any atom is -0.273 e. The molecule has 1 aliphatic heterocycles. The summed E-state index contributed by atoms with van der Waals surface area (Å²) < 4.78 is 12.9. The van der Waals surface area contributed by atoms with Crippen LogP contribution in [0.4, 0.5) is 9.18 Å². The third kappa shape index (κ3) is 2.99. The van der Waals surface area contributed by atoms with E-state index in [2.05, 4.69) is 5.32 Å². The number of imide groups is 2. The minimum atomic E-state index is -0.760. The van der Waals surface area contributed by atoms with E-state index in [9.17, 15) is 18.8 Å². The van der Waals surface area contributed by atoms with E-state index in [0.29, 0.717) is 5.56 Å². The summed E-state index contributed by atoms with van der Waals surface area (Å²) in [7, 11) is 0. The summed E-state index contributed by atoms with van der Waals surface area (Å²) in [5.74, 6) is -1.83. The second-order valence-electron chi connectivity index (χ2n) is 5.68. The number of rotatable bonds is 1. The molecule has 1 aromatic carbocycles. The maximum Gasteiger partial charge on any atom is 0.331 e. The molecule has 6 heteroatoms. The molecule has 1 aromatic rings. The molecule has 110 valence electrons. The fourth-order valence-corrected chi connectivity index (χ4v) is 1.99. The molecule has 0 saturated carbocycles. The van der Waals surface area contributed by atoms with Gasteiger partial charge in [0.15, 0.2) is 0 Å². The van der Waals surface area contributed by atoms with Crippen molar-refractivity contribution in [3.8, 4) is 0 Å². The average Bonchev–Trinajstić information content (AvgIpc) is 2.34. The van der Waals surface area contributed by atoms with Crippen molar-refractivity contribution in [3.05, 3.63) is 41.2 Å². The van der Waals surface area contributed by atoms with Crippen molar-refractivity contribution in [2.75, 3.05) is 0 Å². The predicted octanol–water partition coefficient (Wildman–Crippen LogP) is 2.09. The summed E-state index contributed by atoms with van der Waals surface area (Å²) in [6.07, 6.45) is 1.34. The number of halogens is 1. The molecule has 5 nitrogen and oxygen atoms in total. The van der Waals surface area contributed by atoms with E-state index in [1.54, 1.807) is 20.8 Å². The minimum absolute atomic E-state index is 0.156. The normalized spacial score (nSPS) is 18.2. The smallest absolute Gasteiger partial charge is 0.273 e. The lowest BCUT2D eigenvalue weighted by Crippen LogP contribution is -2.60. The number of hydrogen-bond acceptors (Lipinski definition) is 3. The van der Waals surface area contributed by atoms with Crippen LogP contribution in [-0.4, -0.2) is 28.3 Å². The van der Waals surface area contributed by atoms with Crippen molar-refractivity contribution >= 4 is 23.9 Å². The van der Waals surface area contributed by atoms with Gasteiger partial charge in [-0.25, -0.2) is 9.18 Å². The molecule has 0 unspecified atom stereocenters. The SMILES string of the molecule is CC(C)(C)N1C(=O)NC(=O)/C(=C\c2ccc(F)cc2)C1=O. The summed E-state index contributed by atoms with van der Waals surface area (Å²) in [4.78, 5) is 37.0. The van der Waals surface area contributed by atoms with Gasteiger partial charge in [-0.15, -0.1) is 0 Å². The second kappa shape index (κ2) is 5.12. The zero-order valence-corrected chi connectivity index (χ0v) is 11.9. The van der Waals surface area contributed by atoms with Crippen LogP contribution in [-0.2, 0) is 9.59 Å². The van der Waals surface area contributed by atoms with Crippen molar-refractivity contribution in [1.29, 1.82) is 0 Å². The maximum absolute atomic E-state index is 12.9. The lowest BCUT2D eigenvalue weighted by atomic mass is 10.0. The van der Waals surface area contributed by atoms with Crippen molar-refractivity contribution < 1.29 is 18.8 Å². The first kappa shape index (κ1) is 14.9. The molecule has 2 rings (SSSR count). The van der Waals surface area contributed by atoms with Gasteiger partial charge in [0.05, 0.1) is 0 Å². The highest BCUT2D eigenvalue weighted by Crippen LogP contribution is 2.22. The summed E-state index contributed by atoms with van der Waals surface area (Å²) in [6.45, 7) is 5.07. The summed E-state index contributed by atoms with van der Waals surface area (Å²) >= 11 is 0. The zero-order valence-electron chi connectivity index (χ0n) is 11.9. The maximum atomic E-state index is 12.9. The van der Waals surface area contributed by atoms with E-state index in [4.69, 9.17) is 0 Å². The fraction of sp³-hybridized carbons (Fsp3) is 0.267. The van der Waals surface area contributed by atoms with Crippen molar-refractivity contribution in [3.63, 3.8) is 0 Å². The highest BCUT2D eigenvalue weighted by atomic mass is 19.1. The number of nitrogens with one attached hydrogen (secondary N) is 1. The number of benzene rings is 1. The van der Waals surface area contributed by atoms with E-state index in [0.717, 1.165) is 4.90 Å². The van der Waals surface area contributed by atoms with Crippen LogP contribution < -0.4 is 5.32 Å². The van der Waals surface area contributed by atoms with Crippen molar-refractivity contribution in [2.45, 2.75) is 26.3 Å². The third-order valence-electron chi connectivity index (χ3n) is 2.95. The Hall–Kier alpha value is -2.50. The van der Waals surface area contributed by atoms with Crippen LogP contribution in [0.3, 0.4) is 0 Å². The lowest BCUT2D eigenvalue weighted by Gasteiger charge is -2.36. The Morgan fingerprint density at radius 3 is 2.19 bits per heavy atom. The number of urea groups is 1. The molecule has 21 heavy (non-hydrogen) atoms. The van der Waals surface area contributed by atoms with Crippen LogP contribution in [0, 0.1) is 5.82 Å². The van der Waals surface area contributed by atoms with Gasteiger partial charge in [0.1, 0.15) is 11.4 Å². The predicted molar refractivity (Wildman–Crippen MR) is 74.5 cm³/mol. The third-order valence-corrected chi connectivity index (χ3v) is 2.95. The lowest BCUT2D eigenvalue weighted by molar-refractivity contribution is -0.133. The number of barbiturate groups is 1. The summed E-state index contributed by atoms with van der Waals surface area (Å²) in [5.41, 5.74) is -0.418. The highest BCUT2D eigenvalue weighted by Gasteiger charge is 2.41. The first-order valence-corrected chi connectivity index (χ1v) is 6.37. The number of hydrogen-bond donors (Lipinski definition) is 1. The van der Waals surface area contributed by atoms with Crippen LogP contribution in [0.1, 0.15) is 26.3 Å². The molecule has 0 aliphatic carbocycles. The van der Waals surface area contributed by atoms with Gasteiger partial charge in [-0.3, -0.25) is 19.8 Å². The van der Waals surface area contributed by atoms with E-state index < -0.39 is 29.2 Å². The highest BCUT2D eigenvalue weighted by molar-refractivity contribution is 6.31. The zero-order chi connectivity index (χ0) is 15.8. The van der Waals surface area contributed by atoms with Crippen LogP contribution in [0.25, 0.3) is 6.08 Å². The van der Waals surface area contributed by atoms with Gasteiger partial charge < -0.3 is 0 Å². The molecule has 0 spiro atoms. The molecular weight excluding hydrogens is 275 g/mol. The van der Waals surface area contributed by atoms with Gasteiger partial charge >= 0.3 is 6.03 Å². The van der Waals surface area contributed by atoms with Gasteiger partial charge in [-0.1, -0.05) is 12.1 Å². The quantitative estimate of drug-likeness (QED) is 0.636. The second-order valence-corrected chi connectivity index (χ2v) is 5.68. The Kier molecular flexibility index (Phi) is 3.63. The van der Waals surface area contributed by atoms with Crippen LogP contribution in [0.15, 0.2) is 29.8 Å². The Labute approximate surface area is 121 Å². The monoisotopic (exact) mass is 290 g/mol. The van der Waals surface area contributed by atoms with Gasteiger partial charge in [0.2, 0.25) is 0 Å². The van der Waals surface area contributed by atoms with E-state index in [1.165, 1.54) is 30.3 Å². The molecule has 1 fully saturated rings. The number of nitrogens with zero attached hydrogens (tertiary/aromatic N) is 1. The number of carbonyl (C=O) groups is 3.